The lowest BCUT2D eigenvalue weighted by Gasteiger charge is -2.00. The van der Waals surface area contributed by atoms with Crippen LogP contribution in [0, 0.1) is 0 Å². The van der Waals surface area contributed by atoms with Gasteiger partial charge in [0.2, 0.25) is 0 Å². The third-order valence-electron chi connectivity index (χ3n) is 4.48. The number of ketones is 1. The van der Waals surface area contributed by atoms with E-state index in [-0.39, 0.29) is 5.78 Å². The molecule has 3 N–H and O–H groups in total. The zero-order valence-electron chi connectivity index (χ0n) is 11.7. The van der Waals surface area contributed by atoms with E-state index >= 15 is 0 Å². The quantitative estimate of drug-likeness (QED) is 0.712. The Morgan fingerprint density at radius 3 is 2.91 bits per heavy atom. The molecular weight excluding hydrogens is 282 g/mol. The molecule has 0 aliphatic heterocycles. The van der Waals surface area contributed by atoms with Gasteiger partial charge in [-0.15, -0.1) is 0 Å². The third-order valence-corrected chi connectivity index (χ3v) is 4.48. The number of hydrogen-bond acceptors (Lipinski definition) is 6. The minimum Gasteiger partial charge on any atom is -0.383 e. The highest BCUT2D eigenvalue weighted by atomic mass is 16.5. The molecule has 0 saturated heterocycles. The molecule has 1 fully saturated rings. The summed E-state index contributed by atoms with van der Waals surface area (Å²) in [5.41, 5.74) is 9.67. The second kappa shape index (κ2) is 3.94. The molecule has 0 unspecified atom stereocenters. The number of nitrogens with one attached hydrogen (secondary N) is 1. The molecule has 1 saturated carbocycles. The molecular formula is C15H13N5O2. The van der Waals surface area contributed by atoms with Crippen molar-refractivity contribution in [2.24, 2.45) is 0 Å². The van der Waals surface area contributed by atoms with Crippen molar-refractivity contribution in [3.63, 3.8) is 0 Å². The zero-order valence-corrected chi connectivity index (χ0v) is 11.7. The number of fused-ring (bicyclic) bond motifs is 5. The Morgan fingerprint density at radius 2 is 2.09 bits per heavy atom. The number of aryl methyl sites for hydroxylation is 1. The van der Waals surface area contributed by atoms with Crippen LogP contribution in [-0.4, -0.2) is 25.9 Å². The summed E-state index contributed by atoms with van der Waals surface area (Å²) < 4.78 is 5.52. The van der Waals surface area contributed by atoms with Gasteiger partial charge < -0.3 is 15.2 Å². The normalized spacial score (nSPS) is 17.4. The van der Waals surface area contributed by atoms with E-state index in [9.17, 15) is 4.79 Å². The lowest BCUT2D eigenvalue weighted by Crippen LogP contribution is -2.01. The number of anilines is 1. The van der Waals surface area contributed by atoms with E-state index in [1.54, 1.807) is 0 Å². The predicted molar refractivity (Wildman–Crippen MR) is 78.4 cm³/mol. The Hall–Kier alpha value is -2.70. The first-order valence-electron chi connectivity index (χ1n) is 7.38. The van der Waals surface area contributed by atoms with Crippen LogP contribution in [0.3, 0.4) is 0 Å². The standard InChI is InChI=1S/C15H13N5O2/c16-14-11-9-7(19-15(11)18-5-17-14)3-4-8(21)10-12(9)20-22-13(10)6-1-2-6/h5-6H,1-4H2,(H3,16,17,18,19). The monoisotopic (exact) mass is 295 g/mol. The van der Waals surface area contributed by atoms with E-state index in [1.165, 1.54) is 6.33 Å². The number of nitrogens with zero attached hydrogens (tertiary/aromatic N) is 3. The summed E-state index contributed by atoms with van der Waals surface area (Å²) in [5, 5.41) is 4.93. The van der Waals surface area contributed by atoms with Gasteiger partial charge in [-0.05, 0) is 19.3 Å². The fraction of sp³-hybridized carbons (Fsp3) is 0.333. The summed E-state index contributed by atoms with van der Waals surface area (Å²) in [5.74, 6) is 1.54. The number of Topliss-reactive ketones (excluding diaryl/α,β-unsaturated/α-hetero) is 1. The molecule has 0 radical (unpaired) electrons. The first-order valence-corrected chi connectivity index (χ1v) is 7.38. The molecule has 2 aliphatic rings. The average Bonchev–Trinajstić information content (AvgIpc) is 3.17. The van der Waals surface area contributed by atoms with Crippen molar-refractivity contribution in [2.45, 2.75) is 31.6 Å². The average molecular weight is 295 g/mol. The highest BCUT2D eigenvalue weighted by Gasteiger charge is 2.38. The van der Waals surface area contributed by atoms with Crippen LogP contribution in [0.25, 0.3) is 22.3 Å². The van der Waals surface area contributed by atoms with Crippen molar-refractivity contribution in [1.29, 1.82) is 0 Å². The smallest absolute Gasteiger partial charge is 0.169 e. The molecule has 0 aromatic carbocycles. The largest absolute Gasteiger partial charge is 0.383 e. The first-order chi connectivity index (χ1) is 10.7. The molecule has 0 amide bonds. The van der Waals surface area contributed by atoms with Gasteiger partial charge in [0.25, 0.3) is 0 Å². The van der Waals surface area contributed by atoms with Crippen LogP contribution in [0.2, 0.25) is 0 Å². The van der Waals surface area contributed by atoms with Gasteiger partial charge in [0.15, 0.2) is 11.5 Å². The van der Waals surface area contributed by atoms with Gasteiger partial charge in [-0.2, -0.15) is 0 Å². The Balaban J connectivity index is 1.88. The molecule has 7 nitrogen and oxygen atoms in total. The molecule has 110 valence electrons. The van der Waals surface area contributed by atoms with Gasteiger partial charge in [0.1, 0.15) is 23.5 Å². The van der Waals surface area contributed by atoms with Crippen molar-refractivity contribution >= 4 is 22.6 Å². The Morgan fingerprint density at radius 1 is 1.23 bits per heavy atom. The van der Waals surface area contributed by atoms with Gasteiger partial charge >= 0.3 is 0 Å². The maximum Gasteiger partial charge on any atom is 0.169 e. The van der Waals surface area contributed by atoms with Crippen molar-refractivity contribution in [2.75, 3.05) is 5.73 Å². The van der Waals surface area contributed by atoms with Crippen LogP contribution in [0.4, 0.5) is 5.82 Å². The van der Waals surface area contributed by atoms with E-state index in [1.807, 2.05) is 0 Å². The van der Waals surface area contributed by atoms with Gasteiger partial charge in [-0.25, -0.2) is 9.97 Å². The Kier molecular flexibility index (Phi) is 2.13. The number of aromatic nitrogens is 4. The number of rotatable bonds is 1. The minimum absolute atomic E-state index is 0.0892. The molecule has 22 heavy (non-hydrogen) atoms. The van der Waals surface area contributed by atoms with Crippen LogP contribution >= 0.6 is 0 Å². The van der Waals surface area contributed by atoms with Crippen molar-refractivity contribution < 1.29 is 9.32 Å². The number of carbonyl (C=O) groups is 1. The van der Waals surface area contributed by atoms with E-state index in [0.717, 1.165) is 35.2 Å². The molecule has 7 heteroatoms. The molecule has 0 atom stereocenters. The summed E-state index contributed by atoms with van der Waals surface area (Å²) in [6, 6.07) is 0. The minimum atomic E-state index is 0.0892. The van der Waals surface area contributed by atoms with Crippen LogP contribution < -0.4 is 5.73 Å². The molecule has 3 aromatic rings. The highest BCUT2D eigenvalue weighted by Crippen LogP contribution is 2.47. The van der Waals surface area contributed by atoms with E-state index in [0.29, 0.717) is 41.5 Å². The van der Waals surface area contributed by atoms with Crippen LogP contribution in [-0.2, 0) is 6.42 Å². The number of carbonyl (C=O) groups excluding carboxylic acids is 1. The Bertz CT molecular complexity index is 935. The topological polar surface area (TPSA) is 111 Å². The van der Waals surface area contributed by atoms with Crippen molar-refractivity contribution in [3.05, 3.63) is 23.3 Å². The lowest BCUT2D eigenvalue weighted by atomic mass is 10.0. The number of hydrogen-bond donors (Lipinski definition) is 2. The highest BCUT2D eigenvalue weighted by molar-refractivity contribution is 6.10. The van der Waals surface area contributed by atoms with Crippen molar-refractivity contribution in [1.82, 2.24) is 20.1 Å². The molecule has 3 heterocycles. The summed E-state index contributed by atoms with van der Waals surface area (Å²) in [7, 11) is 0. The zero-order chi connectivity index (χ0) is 14.8. The van der Waals surface area contributed by atoms with E-state index in [2.05, 4.69) is 20.1 Å². The second-order valence-corrected chi connectivity index (χ2v) is 5.93. The third kappa shape index (κ3) is 1.45. The number of nitrogens with two attached hydrogens (primary N) is 1. The lowest BCUT2D eigenvalue weighted by molar-refractivity contribution is 0.0982. The molecule has 3 aromatic heterocycles. The van der Waals surface area contributed by atoms with Gasteiger partial charge in [0.05, 0.1) is 10.9 Å². The first kappa shape index (κ1) is 11.9. The number of H-pyrrole nitrogens is 1. The Labute approximate surface area is 124 Å². The van der Waals surface area contributed by atoms with E-state index in [4.69, 9.17) is 10.3 Å². The molecule has 0 spiro atoms. The summed E-state index contributed by atoms with van der Waals surface area (Å²) >= 11 is 0. The second-order valence-electron chi connectivity index (χ2n) is 5.93. The van der Waals surface area contributed by atoms with Crippen molar-refractivity contribution in [3.8, 4) is 11.3 Å². The SMILES string of the molecule is Nc1ncnc2[nH]c3c(c12)-c1noc(C2CC2)c1C(=O)CC3. The molecule has 5 rings (SSSR count). The molecule has 2 aliphatic carbocycles. The van der Waals surface area contributed by atoms with Crippen LogP contribution in [0.15, 0.2) is 10.9 Å². The van der Waals surface area contributed by atoms with Gasteiger partial charge in [-0.1, -0.05) is 5.16 Å². The summed E-state index contributed by atoms with van der Waals surface area (Å²) in [6.07, 6.45) is 4.59. The number of aromatic amines is 1. The van der Waals surface area contributed by atoms with Crippen LogP contribution in [0.5, 0.6) is 0 Å². The predicted octanol–water partition coefficient (Wildman–Crippen LogP) is 2.20. The maximum absolute atomic E-state index is 12.5. The fourth-order valence-electron chi connectivity index (χ4n) is 3.28. The maximum atomic E-state index is 12.5. The fourth-order valence-corrected chi connectivity index (χ4v) is 3.28. The van der Waals surface area contributed by atoms with Crippen LogP contribution in [0.1, 0.15) is 47.0 Å². The molecule has 0 bridgehead atoms. The number of nitrogen functional groups attached to an aromatic ring is 1. The van der Waals surface area contributed by atoms with Gasteiger partial charge in [-0.3, -0.25) is 4.79 Å². The van der Waals surface area contributed by atoms with Gasteiger partial charge in [0, 0.05) is 23.6 Å². The summed E-state index contributed by atoms with van der Waals surface area (Å²) in [6.45, 7) is 0. The summed E-state index contributed by atoms with van der Waals surface area (Å²) in [4.78, 5) is 24.1. The van der Waals surface area contributed by atoms with E-state index < -0.39 is 0 Å².